The molecule has 21 heavy (non-hydrogen) atoms. The number of nitrogens with one attached hydrogen (secondary N) is 1. The number of hydrogen-bond donors (Lipinski definition) is 2. The molecule has 0 aromatic heterocycles. The second-order valence-electron chi connectivity index (χ2n) is 5.27. The van der Waals surface area contributed by atoms with Crippen molar-refractivity contribution in [2.45, 2.75) is 26.4 Å². The molecule has 0 saturated carbocycles. The Kier molecular flexibility index (Phi) is 7.81. The largest absolute Gasteiger partial charge is 0.378 e. The smallest absolute Gasteiger partial charge is 0.189 e. The lowest BCUT2D eigenvalue weighted by Gasteiger charge is -2.28. The second-order valence-corrected chi connectivity index (χ2v) is 5.27. The predicted molar refractivity (Wildman–Crippen MR) is 98.5 cm³/mol. The summed E-state index contributed by atoms with van der Waals surface area (Å²) in [7, 11) is 0. The Hall–Kier alpha value is -1.02. The Morgan fingerprint density at radius 1 is 1.29 bits per heavy atom. The molecule has 1 saturated heterocycles. The van der Waals surface area contributed by atoms with Crippen LogP contribution in [0.25, 0.3) is 0 Å². The zero-order valence-electron chi connectivity index (χ0n) is 12.7. The van der Waals surface area contributed by atoms with Crippen LogP contribution in [0.15, 0.2) is 29.3 Å². The summed E-state index contributed by atoms with van der Waals surface area (Å²) in [4.78, 5) is 6.66. The molecule has 0 amide bonds. The van der Waals surface area contributed by atoms with Gasteiger partial charge in [0.05, 0.1) is 19.8 Å². The maximum Gasteiger partial charge on any atom is 0.189 e. The molecular weight excluding hydrogens is 379 g/mol. The number of aliphatic imine (C=N–C) groups is 1. The molecule has 0 radical (unpaired) electrons. The van der Waals surface area contributed by atoms with Crippen LogP contribution in [0.4, 0.5) is 5.69 Å². The molecule has 1 aliphatic heterocycles. The molecule has 3 N–H and O–H groups in total. The third-order valence-electron chi connectivity index (χ3n) is 3.18. The number of hydrogen-bond acceptors (Lipinski definition) is 3. The first kappa shape index (κ1) is 18.0. The van der Waals surface area contributed by atoms with E-state index in [4.69, 9.17) is 10.5 Å². The highest BCUT2D eigenvalue weighted by molar-refractivity contribution is 14.0. The van der Waals surface area contributed by atoms with Gasteiger partial charge in [-0.15, -0.1) is 24.0 Å². The van der Waals surface area contributed by atoms with E-state index < -0.39 is 0 Å². The Morgan fingerprint density at radius 2 is 1.90 bits per heavy atom. The van der Waals surface area contributed by atoms with Crippen molar-refractivity contribution in [3.63, 3.8) is 0 Å². The summed E-state index contributed by atoms with van der Waals surface area (Å²) < 4.78 is 5.36. The van der Waals surface area contributed by atoms with Crippen LogP contribution in [0.2, 0.25) is 0 Å². The van der Waals surface area contributed by atoms with E-state index in [2.05, 4.69) is 39.5 Å². The van der Waals surface area contributed by atoms with Crippen LogP contribution < -0.4 is 16.0 Å². The number of halogens is 1. The van der Waals surface area contributed by atoms with Gasteiger partial charge >= 0.3 is 0 Å². The summed E-state index contributed by atoms with van der Waals surface area (Å²) in [6, 6.07) is 8.81. The van der Waals surface area contributed by atoms with Gasteiger partial charge in [-0.05, 0) is 31.5 Å². The number of nitrogens with two attached hydrogens (primary N) is 1. The lowest BCUT2D eigenvalue weighted by atomic mass is 10.2. The SMILES string of the molecule is CC(C)NC(N)=NCc1ccc(N2CCOCC2)cc1.I. The number of nitrogens with zero attached hydrogens (tertiary/aromatic N) is 2. The Labute approximate surface area is 144 Å². The lowest BCUT2D eigenvalue weighted by molar-refractivity contribution is 0.122. The second kappa shape index (κ2) is 9.09. The van der Waals surface area contributed by atoms with Crippen molar-refractivity contribution < 1.29 is 4.74 Å². The molecule has 6 heteroatoms. The summed E-state index contributed by atoms with van der Waals surface area (Å²) in [6.07, 6.45) is 0. The maximum absolute atomic E-state index is 5.79. The van der Waals surface area contributed by atoms with E-state index in [9.17, 15) is 0 Å². The van der Waals surface area contributed by atoms with Gasteiger partial charge in [0.2, 0.25) is 0 Å². The standard InChI is InChI=1S/C15H24N4O.HI/c1-12(2)18-15(16)17-11-13-3-5-14(6-4-13)19-7-9-20-10-8-19;/h3-6,12H,7-11H2,1-2H3,(H3,16,17,18);1H. The number of morpholine rings is 1. The Bertz CT molecular complexity index is 441. The number of rotatable bonds is 4. The Balaban J connectivity index is 0.00000220. The van der Waals surface area contributed by atoms with Crippen molar-refractivity contribution in [1.29, 1.82) is 0 Å². The molecule has 1 aromatic carbocycles. The fraction of sp³-hybridized carbons (Fsp3) is 0.533. The Morgan fingerprint density at radius 3 is 2.48 bits per heavy atom. The summed E-state index contributed by atoms with van der Waals surface area (Å²) in [5, 5.41) is 3.08. The monoisotopic (exact) mass is 404 g/mol. The van der Waals surface area contributed by atoms with Crippen LogP contribution >= 0.6 is 24.0 Å². The molecule has 5 nitrogen and oxygen atoms in total. The highest BCUT2D eigenvalue weighted by Gasteiger charge is 2.10. The van der Waals surface area contributed by atoms with Gasteiger partial charge in [-0.3, -0.25) is 0 Å². The first-order valence-corrected chi connectivity index (χ1v) is 7.13. The molecule has 1 aliphatic rings. The average molecular weight is 404 g/mol. The van der Waals surface area contributed by atoms with Gasteiger partial charge < -0.3 is 20.7 Å². The first-order chi connectivity index (χ1) is 9.65. The lowest BCUT2D eigenvalue weighted by Crippen LogP contribution is -2.36. The van der Waals surface area contributed by atoms with Crippen LogP contribution in [-0.2, 0) is 11.3 Å². The van der Waals surface area contributed by atoms with Crippen LogP contribution in [0.3, 0.4) is 0 Å². The van der Waals surface area contributed by atoms with E-state index in [0.717, 1.165) is 31.9 Å². The van der Waals surface area contributed by atoms with E-state index >= 15 is 0 Å². The van der Waals surface area contributed by atoms with Crippen molar-refractivity contribution >= 4 is 35.6 Å². The third-order valence-corrected chi connectivity index (χ3v) is 3.18. The quantitative estimate of drug-likeness (QED) is 0.458. The highest BCUT2D eigenvalue weighted by atomic mass is 127. The van der Waals surface area contributed by atoms with E-state index in [1.54, 1.807) is 0 Å². The topological polar surface area (TPSA) is 62.9 Å². The summed E-state index contributed by atoms with van der Waals surface area (Å²) in [5.41, 5.74) is 8.19. The van der Waals surface area contributed by atoms with Crippen LogP contribution in [-0.4, -0.2) is 38.3 Å². The van der Waals surface area contributed by atoms with Crippen molar-refractivity contribution in [1.82, 2.24) is 5.32 Å². The highest BCUT2D eigenvalue weighted by Crippen LogP contribution is 2.16. The summed E-state index contributed by atoms with van der Waals surface area (Å²) in [6.45, 7) is 8.23. The molecule has 1 heterocycles. The van der Waals surface area contributed by atoms with Gasteiger partial charge in [-0.2, -0.15) is 0 Å². The molecule has 0 bridgehead atoms. The molecule has 118 valence electrons. The molecule has 0 atom stereocenters. The maximum atomic E-state index is 5.79. The summed E-state index contributed by atoms with van der Waals surface area (Å²) in [5.74, 6) is 0.497. The van der Waals surface area contributed by atoms with E-state index in [1.165, 1.54) is 5.69 Å². The van der Waals surface area contributed by atoms with Gasteiger partial charge in [-0.25, -0.2) is 4.99 Å². The predicted octanol–water partition coefficient (Wildman–Crippen LogP) is 1.95. The van der Waals surface area contributed by atoms with Crippen LogP contribution in [0.1, 0.15) is 19.4 Å². The molecule has 0 aliphatic carbocycles. The van der Waals surface area contributed by atoms with Gasteiger partial charge in [0.1, 0.15) is 0 Å². The van der Waals surface area contributed by atoms with Crippen molar-refractivity contribution in [2.75, 3.05) is 31.2 Å². The number of guanidine groups is 1. The first-order valence-electron chi connectivity index (χ1n) is 7.13. The fourth-order valence-electron chi connectivity index (χ4n) is 2.15. The molecule has 2 rings (SSSR count). The third kappa shape index (κ3) is 6.09. The van der Waals surface area contributed by atoms with Gasteiger partial charge in [0.15, 0.2) is 5.96 Å². The van der Waals surface area contributed by atoms with Crippen molar-refractivity contribution in [3.05, 3.63) is 29.8 Å². The van der Waals surface area contributed by atoms with Crippen molar-refractivity contribution in [2.24, 2.45) is 10.7 Å². The zero-order chi connectivity index (χ0) is 14.4. The minimum Gasteiger partial charge on any atom is -0.378 e. The molecule has 0 spiro atoms. The number of anilines is 1. The molecule has 1 fully saturated rings. The number of ether oxygens (including phenoxy) is 1. The van der Waals surface area contributed by atoms with Gasteiger partial charge in [0, 0.05) is 24.8 Å². The minimum atomic E-state index is 0. The van der Waals surface area contributed by atoms with Crippen molar-refractivity contribution in [3.8, 4) is 0 Å². The van der Waals surface area contributed by atoms with Gasteiger partial charge in [-0.1, -0.05) is 12.1 Å². The van der Waals surface area contributed by atoms with E-state index in [0.29, 0.717) is 18.5 Å². The number of benzene rings is 1. The van der Waals surface area contributed by atoms with E-state index in [1.807, 2.05) is 13.8 Å². The molecule has 1 aromatic rings. The van der Waals surface area contributed by atoms with Gasteiger partial charge in [0.25, 0.3) is 0 Å². The summed E-state index contributed by atoms with van der Waals surface area (Å²) >= 11 is 0. The zero-order valence-corrected chi connectivity index (χ0v) is 15.0. The normalized spacial score (nSPS) is 15.8. The van der Waals surface area contributed by atoms with Crippen LogP contribution in [0, 0.1) is 0 Å². The van der Waals surface area contributed by atoms with E-state index in [-0.39, 0.29) is 24.0 Å². The molecule has 0 unspecified atom stereocenters. The van der Waals surface area contributed by atoms with Crippen LogP contribution in [0.5, 0.6) is 0 Å². The minimum absolute atomic E-state index is 0. The average Bonchev–Trinajstić information content (AvgIpc) is 2.46. The molecular formula is C15H25IN4O. The fourth-order valence-corrected chi connectivity index (χ4v) is 2.15.